The monoisotopic (exact) mass is 227 g/mol. The lowest BCUT2D eigenvalue weighted by atomic mass is 10.1. The van der Waals surface area contributed by atoms with Gasteiger partial charge >= 0.3 is 0 Å². The summed E-state index contributed by atoms with van der Waals surface area (Å²) in [5.74, 6) is 1.64. The molecule has 0 heterocycles. The second-order valence-corrected chi connectivity index (χ2v) is 4.18. The van der Waals surface area contributed by atoms with E-state index in [0.717, 1.165) is 17.9 Å². The van der Waals surface area contributed by atoms with Crippen molar-refractivity contribution in [3.63, 3.8) is 0 Å². The molecule has 0 bridgehead atoms. The minimum atomic E-state index is 0.714. The lowest BCUT2D eigenvalue weighted by Crippen LogP contribution is -1.90. The molecular formula is C15H17NO. The molecule has 0 aliphatic rings. The molecule has 0 aliphatic carbocycles. The fourth-order valence-corrected chi connectivity index (χ4v) is 1.80. The Hall–Kier alpha value is -1.96. The average molecular weight is 227 g/mol. The van der Waals surface area contributed by atoms with Gasteiger partial charge in [-0.3, -0.25) is 0 Å². The van der Waals surface area contributed by atoms with E-state index in [1.165, 1.54) is 11.1 Å². The van der Waals surface area contributed by atoms with E-state index in [-0.39, 0.29) is 0 Å². The molecule has 0 amide bonds. The highest BCUT2D eigenvalue weighted by molar-refractivity contribution is 5.45. The number of ether oxygens (including phenoxy) is 1. The van der Waals surface area contributed by atoms with Crippen molar-refractivity contribution in [3.8, 4) is 11.5 Å². The predicted octanol–water partition coefficient (Wildman–Crippen LogP) is 3.93. The van der Waals surface area contributed by atoms with E-state index in [0.29, 0.717) is 5.69 Å². The Kier molecular flexibility index (Phi) is 3.33. The van der Waals surface area contributed by atoms with Crippen molar-refractivity contribution >= 4 is 5.69 Å². The van der Waals surface area contributed by atoms with Gasteiger partial charge in [-0.25, -0.2) is 0 Å². The van der Waals surface area contributed by atoms with Crippen LogP contribution in [0.4, 0.5) is 5.69 Å². The summed E-state index contributed by atoms with van der Waals surface area (Å²) in [6.45, 7) is 4.21. The first kappa shape index (κ1) is 11.5. The van der Waals surface area contributed by atoms with Crippen LogP contribution < -0.4 is 10.5 Å². The summed E-state index contributed by atoms with van der Waals surface area (Å²) in [4.78, 5) is 0. The van der Waals surface area contributed by atoms with Crippen LogP contribution in [0.15, 0.2) is 42.5 Å². The summed E-state index contributed by atoms with van der Waals surface area (Å²) in [5, 5.41) is 0. The molecule has 0 radical (unpaired) electrons. The first-order valence-corrected chi connectivity index (χ1v) is 5.81. The molecular weight excluding hydrogens is 210 g/mol. The normalized spacial score (nSPS) is 10.2. The van der Waals surface area contributed by atoms with Crippen molar-refractivity contribution in [3.05, 3.63) is 53.6 Å². The molecule has 0 saturated carbocycles. The van der Waals surface area contributed by atoms with E-state index in [1.807, 2.05) is 30.3 Å². The average Bonchev–Trinajstić information content (AvgIpc) is 2.28. The number of hydrogen-bond donors (Lipinski definition) is 1. The Morgan fingerprint density at radius 1 is 1.06 bits per heavy atom. The van der Waals surface area contributed by atoms with Crippen molar-refractivity contribution in [2.45, 2.75) is 20.3 Å². The summed E-state index contributed by atoms with van der Waals surface area (Å²) in [6, 6.07) is 13.7. The van der Waals surface area contributed by atoms with E-state index in [2.05, 4.69) is 26.0 Å². The maximum absolute atomic E-state index is 5.80. The molecule has 2 rings (SSSR count). The fourth-order valence-electron chi connectivity index (χ4n) is 1.80. The quantitative estimate of drug-likeness (QED) is 0.806. The summed E-state index contributed by atoms with van der Waals surface area (Å²) in [5.41, 5.74) is 8.92. The highest BCUT2D eigenvalue weighted by atomic mass is 16.5. The van der Waals surface area contributed by atoms with Crippen molar-refractivity contribution in [1.29, 1.82) is 0 Å². The van der Waals surface area contributed by atoms with Gasteiger partial charge in [-0.2, -0.15) is 0 Å². The molecule has 2 N–H and O–H groups in total. The van der Waals surface area contributed by atoms with Gasteiger partial charge in [0.25, 0.3) is 0 Å². The number of rotatable bonds is 3. The van der Waals surface area contributed by atoms with Gasteiger partial charge < -0.3 is 10.5 Å². The van der Waals surface area contributed by atoms with Gasteiger partial charge in [-0.1, -0.05) is 19.1 Å². The number of nitrogen functional groups attached to an aromatic ring is 1. The SMILES string of the molecule is CCc1cc(C)cc(Oc2cccc(N)c2)c1. The zero-order chi connectivity index (χ0) is 12.3. The summed E-state index contributed by atoms with van der Waals surface area (Å²) in [7, 11) is 0. The summed E-state index contributed by atoms with van der Waals surface area (Å²) < 4.78 is 5.80. The highest BCUT2D eigenvalue weighted by Crippen LogP contribution is 2.25. The lowest BCUT2D eigenvalue weighted by Gasteiger charge is -2.09. The molecule has 0 fully saturated rings. The minimum Gasteiger partial charge on any atom is -0.457 e. The second-order valence-electron chi connectivity index (χ2n) is 4.18. The maximum atomic E-state index is 5.80. The summed E-state index contributed by atoms with van der Waals surface area (Å²) >= 11 is 0. The molecule has 2 aromatic rings. The second kappa shape index (κ2) is 4.91. The number of aryl methyl sites for hydroxylation is 2. The van der Waals surface area contributed by atoms with Gasteiger partial charge in [0.05, 0.1) is 0 Å². The molecule has 2 nitrogen and oxygen atoms in total. The molecule has 0 atom stereocenters. The van der Waals surface area contributed by atoms with Crippen LogP contribution in [0.3, 0.4) is 0 Å². The van der Waals surface area contributed by atoms with Gasteiger partial charge in [0.1, 0.15) is 11.5 Å². The number of nitrogens with two attached hydrogens (primary N) is 1. The third-order valence-corrected chi connectivity index (χ3v) is 2.61. The maximum Gasteiger partial charge on any atom is 0.129 e. The van der Waals surface area contributed by atoms with Crippen LogP contribution in [-0.4, -0.2) is 0 Å². The van der Waals surface area contributed by atoms with Crippen molar-refractivity contribution in [1.82, 2.24) is 0 Å². The number of anilines is 1. The standard InChI is InChI=1S/C15H17NO/c1-3-12-7-11(2)8-15(9-12)17-14-6-4-5-13(16)10-14/h4-10H,3,16H2,1-2H3. The zero-order valence-corrected chi connectivity index (χ0v) is 10.2. The van der Waals surface area contributed by atoms with Crippen molar-refractivity contribution in [2.75, 3.05) is 5.73 Å². The van der Waals surface area contributed by atoms with Gasteiger partial charge in [-0.05, 0) is 48.7 Å². The molecule has 2 heteroatoms. The van der Waals surface area contributed by atoms with Crippen LogP contribution in [0, 0.1) is 6.92 Å². The largest absolute Gasteiger partial charge is 0.457 e. The fraction of sp³-hybridized carbons (Fsp3) is 0.200. The molecule has 2 aromatic carbocycles. The van der Waals surface area contributed by atoms with Crippen LogP contribution in [0.1, 0.15) is 18.1 Å². The van der Waals surface area contributed by atoms with Crippen LogP contribution in [0.2, 0.25) is 0 Å². The highest BCUT2D eigenvalue weighted by Gasteiger charge is 2.00. The first-order chi connectivity index (χ1) is 8.17. The van der Waals surface area contributed by atoms with Crippen LogP contribution in [0.5, 0.6) is 11.5 Å². The Bertz CT molecular complexity index is 520. The molecule has 0 spiro atoms. The minimum absolute atomic E-state index is 0.714. The van der Waals surface area contributed by atoms with Gasteiger partial charge in [0, 0.05) is 11.8 Å². The van der Waals surface area contributed by atoms with E-state index < -0.39 is 0 Å². The lowest BCUT2D eigenvalue weighted by molar-refractivity contribution is 0.482. The van der Waals surface area contributed by atoms with E-state index in [4.69, 9.17) is 10.5 Å². The third-order valence-electron chi connectivity index (χ3n) is 2.61. The molecule has 0 aromatic heterocycles. The molecule has 0 unspecified atom stereocenters. The Labute approximate surface area is 102 Å². The van der Waals surface area contributed by atoms with E-state index in [1.54, 1.807) is 0 Å². The van der Waals surface area contributed by atoms with E-state index in [9.17, 15) is 0 Å². The van der Waals surface area contributed by atoms with Crippen LogP contribution >= 0.6 is 0 Å². The molecule has 0 aliphatic heterocycles. The van der Waals surface area contributed by atoms with E-state index >= 15 is 0 Å². The van der Waals surface area contributed by atoms with Gasteiger partial charge in [0.15, 0.2) is 0 Å². The Morgan fingerprint density at radius 3 is 2.59 bits per heavy atom. The van der Waals surface area contributed by atoms with Gasteiger partial charge in [-0.15, -0.1) is 0 Å². The zero-order valence-electron chi connectivity index (χ0n) is 10.2. The molecule has 0 saturated heterocycles. The number of hydrogen-bond acceptors (Lipinski definition) is 2. The van der Waals surface area contributed by atoms with Crippen molar-refractivity contribution in [2.24, 2.45) is 0 Å². The Morgan fingerprint density at radius 2 is 1.88 bits per heavy atom. The third kappa shape index (κ3) is 3.00. The predicted molar refractivity (Wildman–Crippen MR) is 71.5 cm³/mol. The smallest absolute Gasteiger partial charge is 0.129 e. The number of benzene rings is 2. The van der Waals surface area contributed by atoms with Crippen LogP contribution in [0.25, 0.3) is 0 Å². The summed E-state index contributed by atoms with van der Waals surface area (Å²) in [6.07, 6.45) is 1.01. The Balaban J connectivity index is 2.26. The van der Waals surface area contributed by atoms with Gasteiger partial charge in [0.2, 0.25) is 0 Å². The first-order valence-electron chi connectivity index (χ1n) is 5.81. The molecule has 17 heavy (non-hydrogen) atoms. The topological polar surface area (TPSA) is 35.2 Å². The van der Waals surface area contributed by atoms with Crippen molar-refractivity contribution < 1.29 is 4.74 Å². The molecule has 88 valence electrons. The van der Waals surface area contributed by atoms with Crippen LogP contribution in [-0.2, 0) is 6.42 Å².